The van der Waals surface area contributed by atoms with E-state index >= 15 is 0 Å². The molecule has 4 N–H and O–H groups in total. The van der Waals surface area contributed by atoms with Gasteiger partial charge in [-0.3, -0.25) is 0 Å². The largest absolute Gasteiger partial charge is 0.355 e. The minimum atomic E-state index is -0.0246. The first-order valence-corrected chi connectivity index (χ1v) is 24.0. The summed E-state index contributed by atoms with van der Waals surface area (Å²) in [4.78, 5) is 16.6. The van der Waals surface area contributed by atoms with Crippen molar-refractivity contribution in [3.63, 3.8) is 0 Å². The Morgan fingerprint density at radius 1 is 0.235 bits per heavy atom. The molecule has 8 bridgehead atoms. The molecule has 68 heavy (non-hydrogen) atoms. The van der Waals surface area contributed by atoms with Crippen LogP contribution in [0.3, 0.4) is 0 Å². The lowest BCUT2D eigenvalue weighted by molar-refractivity contribution is -0.893. The molecule has 8 heteroatoms. The average Bonchev–Trinajstić information content (AvgIpc) is 4.14. The van der Waals surface area contributed by atoms with Gasteiger partial charge in [0.15, 0.2) is 0 Å². The number of hydrogen-bond acceptors (Lipinski definition) is 0. The lowest BCUT2D eigenvalue weighted by Gasteiger charge is -2.36. The van der Waals surface area contributed by atoms with Gasteiger partial charge >= 0.3 is 0 Å². The first-order valence-electron chi connectivity index (χ1n) is 24.0. The Kier molecular flexibility index (Phi) is 12.1. The van der Waals surface area contributed by atoms with E-state index in [0.29, 0.717) is 17.9 Å². The van der Waals surface area contributed by atoms with Crippen molar-refractivity contribution in [2.75, 3.05) is 84.6 Å². The summed E-state index contributed by atoms with van der Waals surface area (Å²) in [6, 6.07) is 62.5. The lowest BCUT2D eigenvalue weighted by atomic mass is 9.93. The van der Waals surface area contributed by atoms with Gasteiger partial charge in [0.25, 0.3) is 0 Å². The van der Waals surface area contributed by atoms with Gasteiger partial charge in [-0.25, -0.2) is 0 Å². The molecule has 5 heterocycles. The fraction of sp³-hybridized carbons (Fsp3) is 0.267. The molecule has 0 saturated heterocycles. The lowest BCUT2D eigenvalue weighted by Crippen LogP contribution is -2.42. The van der Waals surface area contributed by atoms with E-state index in [0.717, 1.165) is 44.2 Å². The highest BCUT2D eigenvalue weighted by Crippen LogP contribution is 2.41. The number of rotatable bonds is 12. The molecule has 0 amide bonds. The normalized spacial score (nSPS) is 15.6. The number of nitrogens with one attached hydrogen (secondary N) is 4. The van der Waals surface area contributed by atoms with Crippen LogP contribution < -0.4 is 21.4 Å². The minimum absolute atomic E-state index is 0.0246. The number of nitrogens with zero attached hydrogens (tertiary/aromatic N) is 4. The van der Waals surface area contributed by atoms with Crippen molar-refractivity contribution in [1.82, 2.24) is 19.9 Å². The van der Waals surface area contributed by atoms with Gasteiger partial charge in [0, 0.05) is 22.3 Å². The number of fused-ring (bicyclic) bond motifs is 8. The molecule has 348 valence electrons. The van der Waals surface area contributed by atoms with E-state index in [-0.39, 0.29) is 24.2 Å². The van der Waals surface area contributed by atoms with Gasteiger partial charge in [0.2, 0.25) is 0 Å². The third-order valence-electron chi connectivity index (χ3n) is 13.7. The Morgan fingerprint density at radius 3 is 0.603 bits per heavy atom. The second kappa shape index (κ2) is 17.8. The van der Waals surface area contributed by atoms with Crippen molar-refractivity contribution < 1.29 is 17.9 Å². The summed E-state index contributed by atoms with van der Waals surface area (Å²) in [5.41, 5.74) is 14.2. The summed E-state index contributed by atoms with van der Waals surface area (Å²) < 4.78 is 2.72. The second-order valence-electron chi connectivity index (χ2n) is 22.5. The summed E-state index contributed by atoms with van der Waals surface area (Å²) in [6.07, 6.45) is 0. The Labute approximate surface area is 403 Å². The highest BCUT2D eigenvalue weighted by atomic mass is 15.3. The molecule has 9 rings (SSSR count). The zero-order chi connectivity index (χ0) is 48.2. The maximum absolute atomic E-state index is 4.15. The van der Waals surface area contributed by atoms with Gasteiger partial charge in [-0.15, -0.1) is 0 Å². The summed E-state index contributed by atoms with van der Waals surface area (Å²) >= 11 is 0. The number of hydrogen-bond donors (Lipinski definition) is 4. The molecule has 4 atom stereocenters. The highest BCUT2D eigenvalue weighted by molar-refractivity contribution is 5.76. The van der Waals surface area contributed by atoms with Crippen LogP contribution in [0.15, 0.2) is 170 Å². The van der Waals surface area contributed by atoms with Crippen LogP contribution >= 0.6 is 0 Å². The molecule has 4 aromatic carbocycles. The zero-order valence-corrected chi connectivity index (χ0v) is 42.3. The third kappa shape index (κ3) is 9.05. The van der Waals surface area contributed by atoms with E-state index in [2.05, 4.69) is 274 Å². The van der Waals surface area contributed by atoms with Crippen molar-refractivity contribution in [1.29, 1.82) is 0 Å². The van der Waals surface area contributed by atoms with Gasteiger partial charge in [-0.1, -0.05) is 121 Å². The summed E-state index contributed by atoms with van der Waals surface area (Å²) in [5.74, 6) is 0. The number of aromatic nitrogens is 4. The molecule has 1 aliphatic rings. The highest BCUT2D eigenvalue weighted by Gasteiger charge is 2.38. The topological polar surface area (TPSA) is 63.2 Å². The summed E-state index contributed by atoms with van der Waals surface area (Å²) in [5, 5.41) is 4.32. The molecular formula is C60H72N8+4. The molecule has 4 aromatic heterocycles. The Bertz CT molecular complexity index is 2830. The van der Waals surface area contributed by atoms with E-state index in [1.165, 1.54) is 44.5 Å². The van der Waals surface area contributed by atoms with Crippen LogP contribution in [0.25, 0.3) is 22.3 Å². The fourth-order valence-corrected chi connectivity index (χ4v) is 11.1. The van der Waals surface area contributed by atoms with Crippen LogP contribution in [0, 0.1) is 0 Å². The number of quaternary nitrogens is 4. The molecule has 8 nitrogen and oxygen atoms in total. The first kappa shape index (κ1) is 46.4. The van der Waals surface area contributed by atoms with E-state index in [9.17, 15) is 0 Å². The molecule has 0 spiro atoms. The van der Waals surface area contributed by atoms with Gasteiger partial charge < -0.3 is 37.9 Å². The van der Waals surface area contributed by atoms with E-state index < -0.39 is 0 Å². The van der Waals surface area contributed by atoms with E-state index in [1.54, 1.807) is 0 Å². The van der Waals surface area contributed by atoms with E-state index in [4.69, 9.17) is 0 Å². The van der Waals surface area contributed by atoms with Crippen LogP contribution in [0.5, 0.6) is 0 Å². The number of benzene rings is 4. The van der Waals surface area contributed by atoms with Gasteiger partial charge in [-0.2, -0.15) is 0 Å². The summed E-state index contributed by atoms with van der Waals surface area (Å²) in [6.45, 7) is 0. The maximum atomic E-state index is 4.15. The number of H-pyrrole nitrogens is 4. The molecule has 4 unspecified atom stereocenters. The predicted octanol–water partition coefficient (Wildman–Crippen LogP) is 7.90. The van der Waals surface area contributed by atoms with Gasteiger partial charge in [-0.05, 0) is 48.5 Å². The van der Waals surface area contributed by atoms with Gasteiger partial charge in [0.05, 0.1) is 151 Å². The molecule has 8 aromatic rings. The van der Waals surface area contributed by atoms with Crippen molar-refractivity contribution >= 4 is 22.3 Å². The molecular weight excluding hydrogens is 833 g/mol. The van der Waals surface area contributed by atoms with Crippen molar-refractivity contribution in [2.45, 2.75) is 24.2 Å². The molecule has 1 aliphatic heterocycles. The Morgan fingerprint density at radius 2 is 0.426 bits per heavy atom. The second-order valence-corrected chi connectivity index (χ2v) is 22.5. The van der Waals surface area contributed by atoms with E-state index in [1.807, 2.05) is 0 Å². The van der Waals surface area contributed by atoms with Crippen LogP contribution in [0.1, 0.15) is 69.2 Å². The van der Waals surface area contributed by atoms with Crippen LogP contribution in [-0.4, -0.2) is 122 Å². The van der Waals surface area contributed by atoms with Crippen LogP contribution in [0.2, 0.25) is 0 Å². The average molecular weight is 905 g/mol. The molecule has 0 radical (unpaired) electrons. The Balaban J connectivity index is 1.49. The van der Waals surface area contributed by atoms with Crippen molar-refractivity contribution in [3.05, 3.63) is 236 Å². The van der Waals surface area contributed by atoms with Crippen LogP contribution in [0.4, 0.5) is 0 Å². The number of aromatic amines is 4. The smallest absolute Gasteiger partial charge is 0.144 e. The summed E-state index contributed by atoms with van der Waals surface area (Å²) in [7, 11) is 27.7. The SMILES string of the molecule is C[N+](C)(C)C(C1=c2ccc([nH]2)=C(C(c2ccccc2)[N+](C)(C)C)c2ccc([nH]2)C(C(c2ccccc2)[N+](C)(C)C)=c2ccc([nH]2)=C(C(c2ccccc2)[N+](C)(C)C)c2ccc1[nH]2)c1ccccc1. The molecule has 0 fully saturated rings. The van der Waals surface area contributed by atoms with Gasteiger partial charge in [0.1, 0.15) is 24.2 Å². The monoisotopic (exact) mass is 905 g/mol. The van der Waals surface area contributed by atoms with Crippen molar-refractivity contribution in [3.8, 4) is 0 Å². The predicted molar refractivity (Wildman–Crippen MR) is 281 cm³/mol. The number of likely N-dealkylation sites (N-methyl/N-ethyl adjacent to an activating group) is 4. The molecule has 0 saturated carbocycles. The van der Waals surface area contributed by atoms with Crippen LogP contribution in [-0.2, 0) is 0 Å². The zero-order valence-electron chi connectivity index (χ0n) is 42.3. The van der Waals surface area contributed by atoms with Crippen molar-refractivity contribution in [2.24, 2.45) is 0 Å². The quantitative estimate of drug-likeness (QED) is 0.0903. The molecule has 0 aliphatic carbocycles. The third-order valence-corrected chi connectivity index (χ3v) is 13.7. The first-order chi connectivity index (χ1) is 32.3. The maximum Gasteiger partial charge on any atom is 0.144 e. The standard InChI is InChI=1S/C60H72N8/c1-65(2,3)57(41-25-17-13-18-26-41)53-45-33-35-47(61-45)54(58(66(4,5)6)42-27-19-14-20-28-42)49-37-39-51(63-49)56(60(68(10,11)12)44-31-23-16-24-32-44)52-40-38-50(64-52)55(48-36-34-46(53)62-48)59(67(7,8)9)43-29-21-15-22-30-43/h13-40,57-64H,1-12H3/q+4. The Hall–Kier alpha value is -6.68. The minimum Gasteiger partial charge on any atom is -0.355 e. The fourth-order valence-electron chi connectivity index (χ4n) is 11.1.